The minimum atomic E-state index is -3.79. The van der Waals surface area contributed by atoms with Gasteiger partial charge >= 0.3 is 0 Å². The van der Waals surface area contributed by atoms with Gasteiger partial charge in [-0.25, -0.2) is 8.42 Å². The summed E-state index contributed by atoms with van der Waals surface area (Å²) in [4.78, 5) is 22.3. The van der Waals surface area contributed by atoms with Gasteiger partial charge in [0.1, 0.15) is 0 Å². The average molecular weight is 310 g/mol. The lowest BCUT2D eigenvalue weighted by Crippen LogP contribution is -2.43. The largest absolute Gasteiger partial charge is 0.550 e. The Morgan fingerprint density at radius 3 is 2.29 bits per heavy atom. The molecule has 0 aromatic heterocycles. The van der Waals surface area contributed by atoms with E-state index in [1.807, 2.05) is 0 Å². The van der Waals surface area contributed by atoms with Crippen molar-refractivity contribution in [2.75, 3.05) is 13.1 Å². The fraction of sp³-hybridized carbons (Fsp3) is 0.429. The molecule has 21 heavy (non-hydrogen) atoms. The molecular weight excluding hydrogens is 294 g/mol. The van der Waals surface area contributed by atoms with Crippen LogP contribution >= 0.6 is 0 Å². The Morgan fingerprint density at radius 1 is 1.19 bits per heavy atom. The Hall–Kier alpha value is -1.73. The number of aliphatic carboxylic acids is 1. The van der Waals surface area contributed by atoms with E-state index in [2.05, 4.69) is 0 Å². The molecule has 6 nitrogen and oxygen atoms in total. The number of hydrogen-bond acceptors (Lipinski definition) is 5. The summed E-state index contributed by atoms with van der Waals surface area (Å²) < 4.78 is 26.4. The van der Waals surface area contributed by atoms with Crippen LogP contribution in [0.5, 0.6) is 0 Å². The zero-order chi connectivity index (χ0) is 15.6. The summed E-state index contributed by atoms with van der Waals surface area (Å²) in [6.07, 6.45) is 0.452. The first-order chi connectivity index (χ1) is 9.84. The van der Waals surface area contributed by atoms with Gasteiger partial charge in [0.15, 0.2) is 5.78 Å². The van der Waals surface area contributed by atoms with Gasteiger partial charge in [0.2, 0.25) is 10.0 Å². The molecule has 1 heterocycles. The van der Waals surface area contributed by atoms with E-state index in [9.17, 15) is 23.1 Å². The Bertz CT molecular complexity index is 660. The number of carbonyl (C=O) groups is 2. The van der Waals surface area contributed by atoms with Crippen molar-refractivity contribution in [1.82, 2.24) is 4.31 Å². The SMILES string of the molecule is CC(=O)c1ccccc1S(=O)(=O)N1CCC(C(=O)[O-])CC1. The standard InChI is InChI=1S/C14H17NO5S/c1-10(16)12-4-2-3-5-13(12)21(19,20)15-8-6-11(7-9-15)14(17)18/h2-5,11H,6-9H2,1H3,(H,17,18)/p-1. The molecular formula is C14H16NO5S-. The lowest BCUT2D eigenvalue weighted by atomic mass is 9.99. The summed E-state index contributed by atoms with van der Waals surface area (Å²) in [5.41, 5.74) is 0.152. The van der Waals surface area contributed by atoms with Gasteiger partial charge in [-0.2, -0.15) is 4.31 Å². The van der Waals surface area contributed by atoms with E-state index in [0.717, 1.165) is 0 Å². The third-order valence-electron chi connectivity index (χ3n) is 3.67. The van der Waals surface area contributed by atoms with Crippen LogP contribution in [-0.4, -0.2) is 37.6 Å². The molecule has 1 fully saturated rings. The maximum atomic E-state index is 12.6. The monoisotopic (exact) mass is 310 g/mol. The number of ketones is 1. The fourth-order valence-electron chi connectivity index (χ4n) is 2.45. The maximum absolute atomic E-state index is 12.6. The number of benzene rings is 1. The second-order valence-corrected chi connectivity index (χ2v) is 6.96. The summed E-state index contributed by atoms with van der Waals surface area (Å²) in [5, 5.41) is 10.8. The van der Waals surface area contributed by atoms with Crippen LogP contribution in [0.3, 0.4) is 0 Å². The topological polar surface area (TPSA) is 94.6 Å². The number of Topliss-reactive ketones (excluding diaryl/α,β-unsaturated/α-hetero) is 1. The fourth-order valence-corrected chi connectivity index (χ4v) is 4.16. The van der Waals surface area contributed by atoms with Crippen molar-refractivity contribution in [3.63, 3.8) is 0 Å². The number of nitrogens with zero attached hydrogens (tertiary/aromatic N) is 1. The number of rotatable bonds is 4. The Labute approximate surface area is 123 Å². The van der Waals surface area contributed by atoms with Crippen molar-refractivity contribution in [3.8, 4) is 0 Å². The molecule has 0 aliphatic carbocycles. The highest BCUT2D eigenvalue weighted by atomic mass is 32.2. The van der Waals surface area contributed by atoms with E-state index in [0.29, 0.717) is 0 Å². The molecule has 0 unspecified atom stereocenters. The van der Waals surface area contributed by atoms with Gasteiger partial charge in [0, 0.05) is 30.5 Å². The second kappa shape index (κ2) is 5.95. The van der Waals surface area contributed by atoms with Crippen LogP contribution < -0.4 is 5.11 Å². The molecule has 1 aromatic carbocycles. The third-order valence-corrected chi connectivity index (χ3v) is 5.63. The Morgan fingerprint density at radius 2 is 1.76 bits per heavy atom. The zero-order valence-electron chi connectivity index (χ0n) is 11.6. The van der Waals surface area contributed by atoms with Crippen LogP contribution in [0.25, 0.3) is 0 Å². The smallest absolute Gasteiger partial charge is 0.243 e. The number of carboxylic acids is 1. The first kappa shape index (κ1) is 15.7. The molecule has 1 aliphatic rings. The molecule has 0 bridgehead atoms. The molecule has 1 saturated heterocycles. The Balaban J connectivity index is 2.28. The lowest BCUT2D eigenvalue weighted by molar-refractivity contribution is -0.312. The van der Waals surface area contributed by atoms with Crippen LogP contribution in [0.15, 0.2) is 29.2 Å². The van der Waals surface area contributed by atoms with Gasteiger partial charge in [-0.1, -0.05) is 18.2 Å². The van der Waals surface area contributed by atoms with E-state index in [1.165, 1.54) is 23.4 Å². The number of sulfonamides is 1. The minimum Gasteiger partial charge on any atom is -0.550 e. The molecule has 0 radical (unpaired) electrons. The zero-order valence-corrected chi connectivity index (χ0v) is 12.4. The van der Waals surface area contributed by atoms with Crippen molar-refractivity contribution in [3.05, 3.63) is 29.8 Å². The molecule has 0 N–H and O–H groups in total. The predicted molar refractivity (Wildman–Crippen MR) is 72.9 cm³/mol. The molecule has 0 atom stereocenters. The normalized spacial score (nSPS) is 17.6. The minimum absolute atomic E-state index is 0.0237. The predicted octanol–water partition coefficient (Wildman–Crippen LogP) is 0.0398. The molecule has 114 valence electrons. The maximum Gasteiger partial charge on any atom is 0.243 e. The van der Waals surface area contributed by atoms with Gasteiger partial charge in [0.05, 0.1) is 4.90 Å². The van der Waals surface area contributed by atoms with Crippen LogP contribution in [0.4, 0.5) is 0 Å². The van der Waals surface area contributed by atoms with E-state index in [-0.39, 0.29) is 42.2 Å². The van der Waals surface area contributed by atoms with Crippen molar-refractivity contribution >= 4 is 21.8 Å². The first-order valence-corrected chi connectivity index (χ1v) is 8.09. The van der Waals surface area contributed by atoms with Crippen LogP contribution in [0, 0.1) is 5.92 Å². The highest BCUT2D eigenvalue weighted by Crippen LogP contribution is 2.25. The lowest BCUT2D eigenvalue weighted by Gasteiger charge is -2.31. The van der Waals surface area contributed by atoms with Gasteiger partial charge in [0.25, 0.3) is 0 Å². The highest BCUT2D eigenvalue weighted by molar-refractivity contribution is 7.89. The molecule has 1 aromatic rings. The van der Waals surface area contributed by atoms with Crippen molar-refractivity contribution in [2.24, 2.45) is 5.92 Å². The molecule has 7 heteroatoms. The summed E-state index contributed by atoms with van der Waals surface area (Å²) in [7, 11) is -3.79. The van der Waals surface area contributed by atoms with E-state index >= 15 is 0 Å². The first-order valence-electron chi connectivity index (χ1n) is 6.65. The van der Waals surface area contributed by atoms with Crippen LogP contribution in [-0.2, 0) is 14.8 Å². The van der Waals surface area contributed by atoms with Gasteiger partial charge < -0.3 is 9.90 Å². The number of carbonyl (C=O) groups excluding carboxylic acids is 2. The number of piperidine rings is 1. The van der Waals surface area contributed by atoms with E-state index in [1.54, 1.807) is 12.1 Å². The Kier molecular flexibility index (Phi) is 4.43. The molecule has 0 saturated carbocycles. The quantitative estimate of drug-likeness (QED) is 0.732. The second-order valence-electron chi connectivity index (χ2n) is 5.05. The van der Waals surface area contributed by atoms with Crippen molar-refractivity contribution in [1.29, 1.82) is 0 Å². The van der Waals surface area contributed by atoms with Crippen LogP contribution in [0.2, 0.25) is 0 Å². The molecule has 0 amide bonds. The van der Waals surface area contributed by atoms with Crippen LogP contribution in [0.1, 0.15) is 30.1 Å². The van der Waals surface area contributed by atoms with E-state index < -0.39 is 21.9 Å². The molecule has 1 aliphatic heterocycles. The summed E-state index contributed by atoms with van der Waals surface area (Å²) >= 11 is 0. The average Bonchev–Trinajstić information content (AvgIpc) is 2.47. The molecule has 0 spiro atoms. The number of carboxylic acid groups (broad SMARTS) is 1. The highest BCUT2D eigenvalue weighted by Gasteiger charge is 2.31. The summed E-state index contributed by atoms with van der Waals surface area (Å²) in [6, 6.07) is 6.05. The third kappa shape index (κ3) is 3.14. The summed E-state index contributed by atoms with van der Waals surface area (Å²) in [6.45, 7) is 1.55. The van der Waals surface area contributed by atoms with Gasteiger partial charge in [-0.05, 0) is 25.8 Å². The van der Waals surface area contributed by atoms with Gasteiger partial charge in [-0.3, -0.25) is 4.79 Å². The van der Waals surface area contributed by atoms with Gasteiger partial charge in [-0.15, -0.1) is 0 Å². The molecule has 2 rings (SSSR count). The van der Waals surface area contributed by atoms with Crippen molar-refractivity contribution in [2.45, 2.75) is 24.7 Å². The summed E-state index contributed by atoms with van der Waals surface area (Å²) in [5.74, 6) is -2.07. The number of hydrogen-bond donors (Lipinski definition) is 0. The van der Waals surface area contributed by atoms with E-state index in [4.69, 9.17) is 0 Å². The van der Waals surface area contributed by atoms with Crippen molar-refractivity contribution < 1.29 is 23.1 Å².